The first-order valence-corrected chi connectivity index (χ1v) is 10.5. The molecule has 0 unspecified atom stereocenters. The fourth-order valence-electron chi connectivity index (χ4n) is 2.76. The van der Waals surface area contributed by atoms with E-state index in [1.54, 1.807) is 48.5 Å². The van der Waals surface area contributed by atoms with Crippen LogP contribution in [0.2, 0.25) is 0 Å². The highest BCUT2D eigenvalue weighted by Crippen LogP contribution is 2.13. The van der Waals surface area contributed by atoms with Crippen LogP contribution in [0.3, 0.4) is 0 Å². The summed E-state index contributed by atoms with van der Waals surface area (Å²) in [5.41, 5.74) is 2.00. The Balaban J connectivity index is 1.86. The second kappa shape index (κ2) is 11.2. The molecule has 0 aliphatic carbocycles. The molecule has 7 nitrogen and oxygen atoms in total. The molecule has 2 aromatic rings. The average Bonchev–Trinajstić information content (AvgIpc) is 2.72. The monoisotopic (exact) mass is 424 g/mol. The quantitative estimate of drug-likeness (QED) is 0.460. The van der Waals surface area contributed by atoms with E-state index in [9.17, 15) is 14.4 Å². The van der Waals surface area contributed by atoms with Gasteiger partial charge in [-0.3, -0.25) is 14.4 Å². The van der Waals surface area contributed by atoms with E-state index in [2.05, 4.69) is 28.2 Å². The molecule has 0 atom stereocenters. The number of hydrogen-bond donors (Lipinski definition) is 4. The van der Waals surface area contributed by atoms with Gasteiger partial charge in [-0.1, -0.05) is 19.4 Å². The molecule has 2 rings (SSSR count). The number of unbranched alkanes of at least 4 members (excludes halogenated alkanes) is 1. The van der Waals surface area contributed by atoms with Gasteiger partial charge in [-0.25, -0.2) is 0 Å². The molecule has 31 heavy (non-hydrogen) atoms. The lowest BCUT2D eigenvalue weighted by molar-refractivity contribution is -0.114. The number of amides is 3. The predicted octanol–water partition coefficient (Wildman–Crippen LogP) is 3.80. The highest BCUT2D eigenvalue weighted by molar-refractivity contribution is 5.98. The first-order valence-electron chi connectivity index (χ1n) is 10.5. The minimum Gasteiger partial charge on any atom is -0.376 e. The summed E-state index contributed by atoms with van der Waals surface area (Å²) < 4.78 is 0. The van der Waals surface area contributed by atoms with Crippen LogP contribution in [0, 0.1) is 0 Å². The van der Waals surface area contributed by atoms with Gasteiger partial charge in [0.25, 0.3) is 11.8 Å². The maximum Gasteiger partial charge on any atom is 0.251 e. The molecule has 0 radical (unpaired) electrons. The molecular formula is C24H32N4O3. The number of benzene rings is 2. The summed E-state index contributed by atoms with van der Waals surface area (Å²) in [6, 6.07) is 13.8. The fraction of sp³-hybridized carbons (Fsp3) is 0.375. The van der Waals surface area contributed by atoms with Gasteiger partial charge in [0.1, 0.15) is 0 Å². The Kier molecular flexibility index (Phi) is 8.61. The van der Waals surface area contributed by atoms with Crippen LogP contribution in [-0.2, 0) is 4.79 Å². The third-order valence-electron chi connectivity index (χ3n) is 4.31. The highest BCUT2D eigenvalue weighted by atomic mass is 16.2. The molecule has 0 saturated carbocycles. The molecule has 0 spiro atoms. The largest absolute Gasteiger partial charge is 0.376 e. The average molecular weight is 425 g/mol. The number of hydrogen-bond acceptors (Lipinski definition) is 4. The molecule has 0 aliphatic heterocycles. The Morgan fingerprint density at radius 3 is 2.23 bits per heavy atom. The van der Waals surface area contributed by atoms with Gasteiger partial charge in [0, 0.05) is 34.6 Å². The van der Waals surface area contributed by atoms with Crippen molar-refractivity contribution in [2.75, 3.05) is 23.7 Å². The summed E-state index contributed by atoms with van der Waals surface area (Å²) in [6.45, 7) is 8.52. The van der Waals surface area contributed by atoms with Crippen LogP contribution in [0.25, 0.3) is 0 Å². The maximum atomic E-state index is 12.3. The number of nitrogens with one attached hydrogen (secondary N) is 4. The Morgan fingerprint density at radius 1 is 0.871 bits per heavy atom. The highest BCUT2D eigenvalue weighted by Gasteiger charge is 2.15. The van der Waals surface area contributed by atoms with Crippen molar-refractivity contribution in [3.05, 3.63) is 59.7 Å². The van der Waals surface area contributed by atoms with Crippen LogP contribution >= 0.6 is 0 Å². The van der Waals surface area contributed by atoms with E-state index in [0.717, 1.165) is 18.5 Å². The normalized spacial score (nSPS) is 10.8. The van der Waals surface area contributed by atoms with Crippen molar-refractivity contribution in [3.63, 3.8) is 0 Å². The van der Waals surface area contributed by atoms with Gasteiger partial charge >= 0.3 is 0 Å². The van der Waals surface area contributed by atoms with Crippen LogP contribution in [-0.4, -0.2) is 36.3 Å². The lowest BCUT2D eigenvalue weighted by atomic mass is 10.1. The molecule has 2 aromatic carbocycles. The second-order valence-electron chi connectivity index (χ2n) is 8.37. The van der Waals surface area contributed by atoms with E-state index in [1.807, 2.05) is 20.8 Å². The van der Waals surface area contributed by atoms with Gasteiger partial charge in [0.05, 0.1) is 6.54 Å². The first-order chi connectivity index (χ1) is 14.7. The summed E-state index contributed by atoms with van der Waals surface area (Å²) in [5, 5.41) is 11.6. The summed E-state index contributed by atoms with van der Waals surface area (Å²) in [7, 11) is 0. The zero-order valence-corrected chi connectivity index (χ0v) is 18.7. The molecule has 0 saturated heterocycles. The zero-order chi connectivity index (χ0) is 22.9. The van der Waals surface area contributed by atoms with Gasteiger partial charge in [0.2, 0.25) is 5.91 Å². The van der Waals surface area contributed by atoms with Crippen molar-refractivity contribution >= 4 is 29.1 Å². The van der Waals surface area contributed by atoms with Crippen LogP contribution in [0.5, 0.6) is 0 Å². The van der Waals surface area contributed by atoms with Crippen molar-refractivity contribution < 1.29 is 14.4 Å². The van der Waals surface area contributed by atoms with Crippen molar-refractivity contribution in [3.8, 4) is 0 Å². The summed E-state index contributed by atoms with van der Waals surface area (Å²) >= 11 is 0. The van der Waals surface area contributed by atoms with Crippen LogP contribution < -0.4 is 21.3 Å². The van der Waals surface area contributed by atoms with Crippen LogP contribution in [0.1, 0.15) is 61.3 Å². The van der Waals surface area contributed by atoms with Gasteiger partial charge in [0.15, 0.2) is 0 Å². The molecule has 0 aliphatic rings. The first kappa shape index (κ1) is 23.9. The summed E-state index contributed by atoms with van der Waals surface area (Å²) in [6.07, 6.45) is 1.98. The number of anilines is 2. The van der Waals surface area contributed by atoms with Gasteiger partial charge in [-0.2, -0.15) is 0 Å². The lowest BCUT2D eigenvalue weighted by Crippen LogP contribution is -2.40. The van der Waals surface area contributed by atoms with Gasteiger partial charge in [-0.15, -0.1) is 0 Å². The maximum absolute atomic E-state index is 12.3. The van der Waals surface area contributed by atoms with Crippen LogP contribution in [0.4, 0.5) is 11.4 Å². The molecule has 166 valence electrons. The number of carbonyl (C=O) groups is 3. The summed E-state index contributed by atoms with van der Waals surface area (Å²) in [5.74, 6) is -0.538. The predicted molar refractivity (Wildman–Crippen MR) is 124 cm³/mol. The van der Waals surface area contributed by atoms with E-state index >= 15 is 0 Å². The van der Waals surface area contributed by atoms with E-state index in [4.69, 9.17) is 0 Å². The van der Waals surface area contributed by atoms with E-state index in [0.29, 0.717) is 23.4 Å². The zero-order valence-electron chi connectivity index (χ0n) is 18.7. The van der Waals surface area contributed by atoms with Crippen molar-refractivity contribution in [2.45, 2.75) is 46.1 Å². The summed E-state index contributed by atoms with van der Waals surface area (Å²) in [4.78, 5) is 36.6. The van der Waals surface area contributed by atoms with Crippen molar-refractivity contribution in [2.24, 2.45) is 0 Å². The lowest BCUT2D eigenvalue weighted by Gasteiger charge is -2.20. The third kappa shape index (κ3) is 8.50. The third-order valence-corrected chi connectivity index (χ3v) is 4.31. The molecule has 4 N–H and O–H groups in total. The van der Waals surface area contributed by atoms with E-state index in [-0.39, 0.29) is 29.8 Å². The Morgan fingerprint density at radius 2 is 1.58 bits per heavy atom. The molecule has 3 amide bonds. The van der Waals surface area contributed by atoms with Gasteiger partial charge in [-0.05, 0) is 69.7 Å². The molecule has 7 heteroatoms. The minimum atomic E-state index is -0.341. The smallest absolute Gasteiger partial charge is 0.251 e. The molecule has 0 aromatic heterocycles. The molecule has 0 fully saturated rings. The van der Waals surface area contributed by atoms with Crippen molar-refractivity contribution in [1.29, 1.82) is 0 Å². The Bertz CT molecular complexity index is 902. The Labute approximate surface area is 184 Å². The second-order valence-corrected chi connectivity index (χ2v) is 8.37. The topological polar surface area (TPSA) is 99.3 Å². The van der Waals surface area contributed by atoms with Crippen LogP contribution in [0.15, 0.2) is 48.5 Å². The minimum absolute atomic E-state index is 0.0560. The molecule has 0 heterocycles. The number of carbonyl (C=O) groups excluding carboxylic acids is 3. The van der Waals surface area contributed by atoms with Crippen molar-refractivity contribution in [1.82, 2.24) is 10.6 Å². The van der Waals surface area contributed by atoms with E-state index < -0.39 is 0 Å². The fourth-order valence-corrected chi connectivity index (χ4v) is 2.76. The van der Waals surface area contributed by atoms with E-state index in [1.165, 1.54) is 0 Å². The molecule has 0 bridgehead atoms. The SMILES string of the molecule is CCCCNC(=O)c1ccc(NCC(=O)Nc2cccc(C(=O)NC(C)(C)C)c2)cc1. The molecular weight excluding hydrogens is 392 g/mol. The Hall–Kier alpha value is -3.35. The number of rotatable bonds is 9. The van der Waals surface area contributed by atoms with Gasteiger partial charge < -0.3 is 21.3 Å². The standard InChI is InChI=1S/C24H32N4O3/c1-5-6-14-25-22(30)17-10-12-19(13-11-17)26-16-21(29)27-20-9-7-8-18(15-20)23(31)28-24(2,3)4/h7-13,15,26H,5-6,14,16H2,1-4H3,(H,25,30)(H,27,29)(H,28,31).